The van der Waals surface area contributed by atoms with E-state index in [0.29, 0.717) is 24.0 Å². The van der Waals surface area contributed by atoms with Gasteiger partial charge >= 0.3 is 6.18 Å². The van der Waals surface area contributed by atoms with Crippen LogP contribution in [0.3, 0.4) is 0 Å². The molecule has 2 aliphatic carbocycles. The Kier molecular flexibility index (Phi) is 10.0. The molecule has 4 rings (SSSR count). The molecule has 0 saturated heterocycles. The van der Waals surface area contributed by atoms with Crippen molar-refractivity contribution in [1.29, 1.82) is 0 Å². The Hall–Kier alpha value is -3.76. The molecule has 0 amide bonds. The number of tetrazole rings is 1. The van der Waals surface area contributed by atoms with E-state index < -0.39 is 17.7 Å². The molecule has 1 aromatic carbocycles. The third-order valence-corrected chi connectivity index (χ3v) is 7.86. The second kappa shape index (κ2) is 13.5. The molecule has 1 saturated carbocycles. The molecule has 1 fully saturated rings. The predicted molar refractivity (Wildman–Crippen MR) is 154 cm³/mol. The quantitative estimate of drug-likeness (QED) is 0.329. The zero-order valence-corrected chi connectivity index (χ0v) is 24.5. The SMILES string of the molecule is C=C1C=C(CN(Cc2cc(C)ccc2N(CCC)CC2CCC(CC(=O)[O-])CC2)c2nnn(C)n2)[CH+]C(C(F)(F)F)=C1. The molecular weight excluding hydrogens is 545 g/mol. The summed E-state index contributed by atoms with van der Waals surface area (Å²) in [6, 6.07) is 6.30. The molecule has 0 atom stereocenters. The van der Waals surface area contributed by atoms with Crippen LogP contribution in [0.5, 0.6) is 0 Å². The van der Waals surface area contributed by atoms with Crippen molar-refractivity contribution < 1.29 is 23.1 Å². The number of hydrogen-bond donors (Lipinski definition) is 0. The summed E-state index contributed by atoms with van der Waals surface area (Å²) in [6.07, 6.45) is 4.14. The summed E-state index contributed by atoms with van der Waals surface area (Å²) in [6.45, 7) is 10.1. The molecule has 226 valence electrons. The van der Waals surface area contributed by atoms with E-state index in [0.717, 1.165) is 74.5 Å². The number of aliphatic carboxylic acids is 1. The third kappa shape index (κ3) is 8.39. The van der Waals surface area contributed by atoms with Crippen molar-refractivity contribution in [1.82, 2.24) is 20.2 Å². The summed E-state index contributed by atoms with van der Waals surface area (Å²) in [5.41, 5.74) is 3.15. The number of carbonyl (C=O) groups excluding carboxylic acids is 1. The van der Waals surface area contributed by atoms with Crippen molar-refractivity contribution in [3.63, 3.8) is 0 Å². The number of halogens is 3. The van der Waals surface area contributed by atoms with Crippen molar-refractivity contribution >= 4 is 17.6 Å². The van der Waals surface area contributed by atoms with E-state index >= 15 is 0 Å². The number of anilines is 2. The van der Waals surface area contributed by atoms with Crippen LogP contribution in [0.25, 0.3) is 0 Å². The number of hydrogen-bond acceptors (Lipinski definition) is 7. The van der Waals surface area contributed by atoms with E-state index in [4.69, 9.17) is 0 Å². The first-order chi connectivity index (χ1) is 19.9. The molecule has 0 unspecified atom stereocenters. The molecule has 1 heterocycles. The highest BCUT2D eigenvalue weighted by Crippen LogP contribution is 2.36. The zero-order valence-electron chi connectivity index (χ0n) is 24.5. The van der Waals surface area contributed by atoms with Gasteiger partial charge in [0, 0.05) is 31.3 Å². The van der Waals surface area contributed by atoms with Gasteiger partial charge in [0.1, 0.15) is 0 Å². The van der Waals surface area contributed by atoms with Crippen molar-refractivity contribution in [3.05, 3.63) is 71.2 Å². The molecule has 42 heavy (non-hydrogen) atoms. The maximum Gasteiger partial charge on any atom is 0.441 e. The van der Waals surface area contributed by atoms with Crippen LogP contribution in [-0.2, 0) is 18.4 Å². The molecule has 0 N–H and O–H groups in total. The summed E-state index contributed by atoms with van der Waals surface area (Å²) in [5.74, 6) is -0.0269. The topological polar surface area (TPSA) is 90.2 Å². The molecule has 8 nitrogen and oxygen atoms in total. The van der Waals surface area contributed by atoms with Crippen LogP contribution in [0.1, 0.15) is 56.6 Å². The Morgan fingerprint density at radius 1 is 1.14 bits per heavy atom. The molecule has 0 spiro atoms. The van der Waals surface area contributed by atoms with Crippen LogP contribution in [-0.4, -0.2) is 52.0 Å². The molecule has 2 aromatic rings. The van der Waals surface area contributed by atoms with E-state index in [2.05, 4.69) is 52.0 Å². The number of rotatable bonds is 12. The summed E-state index contributed by atoms with van der Waals surface area (Å²) < 4.78 is 40.7. The molecular formula is C31H39F3N6O2. The summed E-state index contributed by atoms with van der Waals surface area (Å²) >= 11 is 0. The average molecular weight is 585 g/mol. The van der Waals surface area contributed by atoms with Crippen LogP contribution in [0.4, 0.5) is 24.8 Å². The fourth-order valence-electron chi connectivity index (χ4n) is 5.94. The van der Waals surface area contributed by atoms with Crippen molar-refractivity contribution in [2.75, 3.05) is 29.4 Å². The largest absolute Gasteiger partial charge is 0.550 e. The number of carboxylic acids is 1. The van der Waals surface area contributed by atoms with Gasteiger partial charge in [-0.15, -0.1) is 5.10 Å². The number of allylic oxidation sites excluding steroid dienone is 4. The van der Waals surface area contributed by atoms with Gasteiger partial charge in [-0.25, -0.2) is 0 Å². The van der Waals surface area contributed by atoms with Crippen molar-refractivity contribution in [2.24, 2.45) is 18.9 Å². The minimum absolute atomic E-state index is 0.126. The fraction of sp³-hybridized carbons (Fsp3) is 0.516. The maximum absolute atomic E-state index is 13.6. The van der Waals surface area contributed by atoms with Gasteiger partial charge in [0.2, 0.25) is 0 Å². The summed E-state index contributed by atoms with van der Waals surface area (Å²) in [7, 11) is 1.65. The van der Waals surface area contributed by atoms with Crippen LogP contribution >= 0.6 is 0 Å². The Morgan fingerprint density at radius 3 is 2.48 bits per heavy atom. The van der Waals surface area contributed by atoms with Gasteiger partial charge in [0.05, 0.1) is 43.3 Å². The average Bonchev–Trinajstić information content (AvgIpc) is 3.34. The number of carbonyl (C=O) groups is 1. The maximum atomic E-state index is 13.6. The third-order valence-electron chi connectivity index (χ3n) is 7.86. The molecule has 0 radical (unpaired) electrons. The zero-order chi connectivity index (χ0) is 30.4. The first kappa shape index (κ1) is 31.2. The lowest BCUT2D eigenvalue weighted by Crippen LogP contribution is -2.35. The van der Waals surface area contributed by atoms with Crippen LogP contribution in [0, 0.1) is 25.2 Å². The van der Waals surface area contributed by atoms with Crippen LogP contribution in [0.15, 0.2) is 53.6 Å². The monoisotopic (exact) mass is 584 g/mol. The Bertz CT molecular complexity index is 1320. The molecule has 0 bridgehead atoms. The van der Waals surface area contributed by atoms with Gasteiger partial charge in [-0.1, -0.05) is 36.3 Å². The minimum atomic E-state index is -4.48. The smallest absolute Gasteiger partial charge is 0.441 e. The number of nitrogens with zero attached hydrogens (tertiary/aromatic N) is 6. The van der Waals surface area contributed by atoms with Crippen molar-refractivity contribution in [3.8, 4) is 0 Å². The van der Waals surface area contributed by atoms with E-state index in [9.17, 15) is 23.1 Å². The van der Waals surface area contributed by atoms with Gasteiger partial charge in [-0.3, -0.25) is 0 Å². The minimum Gasteiger partial charge on any atom is -0.550 e. The molecule has 1 aromatic heterocycles. The first-order valence-electron chi connectivity index (χ1n) is 14.5. The van der Waals surface area contributed by atoms with E-state index in [-0.39, 0.29) is 24.5 Å². The van der Waals surface area contributed by atoms with Crippen LogP contribution < -0.4 is 14.9 Å². The highest BCUT2D eigenvalue weighted by Gasteiger charge is 2.41. The van der Waals surface area contributed by atoms with Gasteiger partial charge in [0.15, 0.2) is 5.57 Å². The lowest BCUT2D eigenvalue weighted by molar-refractivity contribution is -0.307. The summed E-state index contributed by atoms with van der Waals surface area (Å²) in [4.78, 5) is 16.6. The van der Waals surface area contributed by atoms with Gasteiger partial charge in [-0.2, -0.15) is 18.0 Å². The molecule has 2 aliphatic rings. The highest BCUT2D eigenvalue weighted by molar-refractivity contribution is 5.64. The van der Waals surface area contributed by atoms with E-state index in [1.807, 2.05) is 11.8 Å². The number of aromatic nitrogens is 4. The van der Waals surface area contributed by atoms with Crippen LogP contribution in [0.2, 0.25) is 0 Å². The second-order valence-electron chi connectivity index (χ2n) is 11.5. The molecule has 0 aliphatic heterocycles. The lowest BCUT2D eigenvalue weighted by atomic mass is 9.80. The van der Waals surface area contributed by atoms with E-state index in [1.54, 1.807) is 13.1 Å². The van der Waals surface area contributed by atoms with Crippen molar-refractivity contribution in [2.45, 2.75) is 65.1 Å². The predicted octanol–water partition coefficient (Wildman–Crippen LogP) is 4.88. The standard InChI is InChI=1S/C31H39F3N6O2/c1-5-12-39(18-24-9-7-23(8-10-24)17-29(41)42)28-11-6-21(2)14-26(28)20-40(30-35-37-38(4)36-30)19-25-13-22(3)15-27(16-25)31(32,33)34/h6,11,13-16,23-24H,3,5,7-10,12,17-20H2,1-2,4H3. The fourth-order valence-corrected chi connectivity index (χ4v) is 5.94. The number of alkyl halides is 3. The number of benzene rings is 1. The first-order valence-corrected chi connectivity index (χ1v) is 14.5. The van der Waals surface area contributed by atoms with E-state index in [1.165, 1.54) is 4.80 Å². The normalized spacial score (nSPS) is 19.1. The Morgan fingerprint density at radius 2 is 1.86 bits per heavy atom. The summed E-state index contributed by atoms with van der Waals surface area (Å²) in [5, 5.41) is 23.6. The molecule has 11 heteroatoms. The highest BCUT2D eigenvalue weighted by atomic mass is 19.4. The lowest BCUT2D eigenvalue weighted by Gasteiger charge is -2.35. The number of aryl methyl sites for hydroxylation is 2. The second-order valence-corrected chi connectivity index (χ2v) is 11.5. The Labute approximate surface area is 245 Å². The number of carboxylic acid groups (broad SMARTS) is 1. The van der Waals surface area contributed by atoms with Gasteiger partial charge in [0.25, 0.3) is 5.95 Å². The van der Waals surface area contributed by atoms with Gasteiger partial charge < -0.3 is 19.7 Å². The Balaban J connectivity index is 1.58. The van der Waals surface area contributed by atoms with Gasteiger partial charge in [-0.05, 0) is 74.1 Å².